The number of rotatable bonds is 0. The molecule has 0 aromatic heterocycles. The Labute approximate surface area is 27.3 Å². The molecule has 22 valence electrons. The van der Waals surface area contributed by atoms with E-state index in [2.05, 4.69) is 12.6 Å². The minimum atomic E-state index is 0.861. The highest BCUT2D eigenvalue weighted by molar-refractivity contribution is 7.35. The summed E-state index contributed by atoms with van der Waals surface area (Å²) in [5.74, 6) is 0. The molecule has 1 heterocycles. The fourth-order valence-corrected chi connectivity index (χ4v) is 0.250. The van der Waals surface area contributed by atoms with Crippen LogP contribution in [0.5, 0.6) is 0 Å². The second-order valence-corrected chi connectivity index (χ2v) is 2.45. The van der Waals surface area contributed by atoms with Crippen LogP contribution in [0.4, 0.5) is 0 Å². The molecule has 1 heteroatoms. The molecule has 0 aromatic carbocycles. The fourth-order valence-electron chi connectivity index (χ4n) is 0.0833. The van der Waals surface area contributed by atoms with Gasteiger partial charge in [0.15, 0.2) is 0 Å². The van der Waals surface area contributed by atoms with Crippen molar-refractivity contribution in [2.24, 2.45) is 0 Å². The molecule has 1 aliphatic rings. The minimum absolute atomic E-state index is 0.861. The van der Waals surface area contributed by atoms with Gasteiger partial charge in [-0.3, -0.25) is 0 Å². The van der Waals surface area contributed by atoms with Crippen molar-refractivity contribution in [1.82, 2.24) is 0 Å². The highest BCUT2D eigenvalue weighted by atomic mass is 31.0. The lowest BCUT2D eigenvalue weighted by molar-refractivity contribution is 1.36. The zero-order valence-corrected chi connectivity index (χ0v) is 3.58. The van der Waals surface area contributed by atoms with E-state index in [9.17, 15) is 0 Å². The lowest BCUT2D eigenvalue weighted by Gasteiger charge is -1.58. The van der Waals surface area contributed by atoms with Crippen molar-refractivity contribution >= 4 is 8.04 Å². The van der Waals surface area contributed by atoms with Crippen LogP contribution < -0.4 is 0 Å². The minimum Gasteiger partial charge on any atom is -0.121 e. The Balaban J connectivity index is 2.38. The van der Waals surface area contributed by atoms with Crippen LogP contribution in [0.3, 0.4) is 0 Å². The number of hydrogen-bond donors (Lipinski definition) is 0. The van der Waals surface area contributed by atoms with Crippen molar-refractivity contribution in [3.05, 3.63) is 0 Å². The Morgan fingerprint density at radius 2 is 2.25 bits per heavy atom. The van der Waals surface area contributed by atoms with Crippen molar-refractivity contribution in [3.8, 4) is 5.63 Å². The van der Waals surface area contributed by atoms with Gasteiger partial charge in [-0.1, -0.05) is 0 Å². The molecule has 1 rings (SSSR count). The summed E-state index contributed by atoms with van der Waals surface area (Å²) in [6.07, 6.45) is 0. The largest absolute Gasteiger partial charge is 0.121 e. The Hall–Kier alpha value is 0.0800. The van der Waals surface area contributed by atoms with Crippen molar-refractivity contribution < 1.29 is 0 Å². The standard InChI is InChI=1S/C3H5P/c1-3-2-4-3/h3-4H,1H3/t3-/m1/s1. The van der Waals surface area contributed by atoms with Crippen molar-refractivity contribution in [2.75, 3.05) is 0 Å². The first kappa shape index (κ1) is 2.33. The molecule has 4 heavy (non-hydrogen) atoms. The van der Waals surface area contributed by atoms with Gasteiger partial charge in [0.05, 0.1) is 5.66 Å². The molecule has 0 spiro atoms. The Bertz CT molecular complexity index is 67.0. The molecule has 1 aliphatic heterocycles. The maximum Gasteiger partial charge on any atom is 0.0516 e. The maximum atomic E-state index is 3.12. The Morgan fingerprint density at radius 1 is 2.00 bits per heavy atom. The molecule has 0 saturated carbocycles. The highest BCUT2D eigenvalue weighted by Gasteiger charge is 1.93. The van der Waals surface area contributed by atoms with Crippen molar-refractivity contribution in [1.29, 1.82) is 0 Å². The third kappa shape index (κ3) is 0.256. The molecule has 0 aliphatic carbocycles. The van der Waals surface area contributed by atoms with Gasteiger partial charge in [-0.05, 0) is 6.92 Å². The van der Waals surface area contributed by atoms with E-state index in [0.29, 0.717) is 0 Å². The molecule has 1 unspecified atom stereocenters. The summed E-state index contributed by atoms with van der Waals surface area (Å²) in [5, 5.41) is 0. The number of hydrogen-bond acceptors (Lipinski definition) is 0. The Morgan fingerprint density at radius 3 is 2.25 bits per heavy atom. The summed E-state index contributed by atoms with van der Waals surface area (Å²) in [6.45, 7) is 2.18. The van der Waals surface area contributed by atoms with Gasteiger partial charge >= 0.3 is 0 Å². The molecular weight excluding hydrogens is 67.0 g/mol. The van der Waals surface area contributed by atoms with Gasteiger partial charge in [0.2, 0.25) is 0 Å². The van der Waals surface area contributed by atoms with Crippen LogP contribution in [0.2, 0.25) is 0 Å². The third-order valence-corrected chi connectivity index (χ3v) is 1.30. The van der Waals surface area contributed by atoms with Crippen LogP contribution in [0, 0.1) is 5.63 Å². The van der Waals surface area contributed by atoms with Gasteiger partial charge in [0.1, 0.15) is 0 Å². The highest BCUT2D eigenvalue weighted by Crippen LogP contribution is 2.16. The molecular formula is C3H5P. The van der Waals surface area contributed by atoms with E-state index >= 15 is 0 Å². The summed E-state index contributed by atoms with van der Waals surface area (Å²) >= 11 is 0. The summed E-state index contributed by atoms with van der Waals surface area (Å²) in [6, 6.07) is 0. The summed E-state index contributed by atoms with van der Waals surface area (Å²) in [7, 11) is 1.06. The topological polar surface area (TPSA) is 0 Å². The van der Waals surface area contributed by atoms with E-state index in [1.54, 1.807) is 0 Å². The predicted octanol–water partition coefficient (Wildman–Crippen LogP) is 1.03. The second kappa shape index (κ2) is 0.516. The van der Waals surface area contributed by atoms with E-state index < -0.39 is 0 Å². The van der Waals surface area contributed by atoms with E-state index in [-0.39, 0.29) is 0 Å². The molecule has 0 saturated heterocycles. The molecule has 0 aromatic rings. The van der Waals surface area contributed by atoms with Crippen LogP contribution in [0.1, 0.15) is 6.92 Å². The monoisotopic (exact) mass is 72.0 g/mol. The first-order valence-corrected chi connectivity index (χ1v) is 2.48. The van der Waals surface area contributed by atoms with E-state index in [1.165, 1.54) is 0 Å². The van der Waals surface area contributed by atoms with Gasteiger partial charge < -0.3 is 0 Å². The Kier molecular flexibility index (Phi) is 0.300. The van der Waals surface area contributed by atoms with Gasteiger partial charge in [0.25, 0.3) is 0 Å². The summed E-state index contributed by atoms with van der Waals surface area (Å²) in [5.41, 5.74) is 3.99. The first-order chi connectivity index (χ1) is 1.89. The lowest BCUT2D eigenvalue weighted by atomic mass is 10.6. The molecule has 0 radical (unpaired) electrons. The van der Waals surface area contributed by atoms with E-state index in [0.717, 1.165) is 13.7 Å². The van der Waals surface area contributed by atoms with Crippen LogP contribution in [-0.4, -0.2) is 5.66 Å². The molecule has 0 nitrogen and oxygen atoms in total. The average molecular weight is 72.0 g/mol. The van der Waals surface area contributed by atoms with E-state index in [1.807, 2.05) is 0 Å². The van der Waals surface area contributed by atoms with Crippen LogP contribution >= 0.6 is 8.04 Å². The average Bonchev–Trinajstić information content (AvgIpc) is 1.75. The summed E-state index contributed by atoms with van der Waals surface area (Å²) in [4.78, 5) is 0. The molecule has 2 atom stereocenters. The second-order valence-electron chi connectivity index (χ2n) is 1.01. The zero-order valence-electron chi connectivity index (χ0n) is 2.58. The van der Waals surface area contributed by atoms with Crippen LogP contribution in [0.15, 0.2) is 0 Å². The molecule has 0 bridgehead atoms. The molecule has 0 fully saturated rings. The fraction of sp³-hybridized carbons (Fsp3) is 0.667. The van der Waals surface area contributed by atoms with Gasteiger partial charge in [-0.2, -0.15) is 0 Å². The smallest absolute Gasteiger partial charge is 0.0516 e. The quantitative estimate of drug-likeness (QED) is 0.375. The van der Waals surface area contributed by atoms with Crippen molar-refractivity contribution in [2.45, 2.75) is 12.6 Å². The zero-order chi connectivity index (χ0) is 2.99. The third-order valence-electron chi connectivity index (χ3n) is 0.433. The van der Waals surface area contributed by atoms with Crippen LogP contribution in [0.25, 0.3) is 0 Å². The van der Waals surface area contributed by atoms with Gasteiger partial charge in [-0.25, -0.2) is 0 Å². The normalized spacial score (nSPS) is 37.8. The van der Waals surface area contributed by atoms with Crippen molar-refractivity contribution in [3.63, 3.8) is 0 Å². The van der Waals surface area contributed by atoms with Gasteiger partial charge in [0, 0.05) is 0 Å². The van der Waals surface area contributed by atoms with Gasteiger partial charge in [-0.15, -0.1) is 13.7 Å². The SMILES string of the molecule is C[C@@H]1C#[PH]1. The first-order valence-electron chi connectivity index (χ1n) is 1.40. The molecule has 0 amide bonds. The van der Waals surface area contributed by atoms with Crippen LogP contribution in [-0.2, 0) is 0 Å². The molecule has 0 N–H and O–H groups in total. The lowest BCUT2D eigenvalue weighted by Crippen LogP contribution is -1.59. The predicted molar refractivity (Wildman–Crippen MR) is 21.7 cm³/mol. The van der Waals surface area contributed by atoms with E-state index in [4.69, 9.17) is 0 Å². The maximum absolute atomic E-state index is 3.12. The summed E-state index contributed by atoms with van der Waals surface area (Å²) < 4.78 is 0.